The van der Waals surface area contributed by atoms with E-state index in [1.807, 2.05) is 0 Å². The summed E-state index contributed by atoms with van der Waals surface area (Å²) in [6, 6.07) is 0.229. The molecule has 3 nitrogen and oxygen atoms in total. The highest BCUT2D eigenvalue weighted by Gasteiger charge is 2.32. The normalized spacial score (nSPS) is 37.3. The standard InChI is InChI=1S/C11H19NO2/c13-11(14)12-10-6-5-8-3-1-2-4-9(8)7-10/h8-10,12H,1-7H2,(H,13,14). The minimum Gasteiger partial charge on any atom is -0.465 e. The third-order valence-corrected chi connectivity index (χ3v) is 3.87. The highest BCUT2D eigenvalue weighted by Crippen LogP contribution is 2.40. The van der Waals surface area contributed by atoms with Crippen LogP contribution in [-0.2, 0) is 0 Å². The van der Waals surface area contributed by atoms with Crippen LogP contribution in [0.4, 0.5) is 4.79 Å². The molecule has 3 heteroatoms. The Bertz CT molecular complexity index is 217. The van der Waals surface area contributed by atoms with Crippen molar-refractivity contribution in [2.45, 2.75) is 51.0 Å². The summed E-state index contributed by atoms with van der Waals surface area (Å²) >= 11 is 0. The Labute approximate surface area is 84.9 Å². The number of carboxylic acid groups (broad SMARTS) is 1. The summed E-state index contributed by atoms with van der Waals surface area (Å²) < 4.78 is 0. The third-order valence-electron chi connectivity index (χ3n) is 3.87. The fourth-order valence-corrected chi connectivity index (χ4v) is 3.18. The van der Waals surface area contributed by atoms with Crippen molar-refractivity contribution in [1.29, 1.82) is 0 Å². The Kier molecular flexibility index (Phi) is 2.94. The van der Waals surface area contributed by atoms with Gasteiger partial charge in [-0.15, -0.1) is 0 Å². The molecule has 0 aromatic carbocycles. The molecule has 0 saturated heterocycles. The number of hydrogen-bond acceptors (Lipinski definition) is 1. The lowest BCUT2D eigenvalue weighted by Crippen LogP contribution is -2.41. The number of rotatable bonds is 1. The van der Waals surface area contributed by atoms with Crippen LogP contribution in [0.5, 0.6) is 0 Å². The Morgan fingerprint density at radius 1 is 1.07 bits per heavy atom. The van der Waals surface area contributed by atoms with Crippen molar-refractivity contribution in [3.63, 3.8) is 0 Å². The molecule has 0 bridgehead atoms. The van der Waals surface area contributed by atoms with Gasteiger partial charge in [0.15, 0.2) is 0 Å². The van der Waals surface area contributed by atoms with Crippen molar-refractivity contribution in [3.8, 4) is 0 Å². The van der Waals surface area contributed by atoms with Crippen LogP contribution in [0.15, 0.2) is 0 Å². The molecule has 0 spiro atoms. The molecule has 0 aromatic heterocycles. The van der Waals surface area contributed by atoms with Gasteiger partial charge in [-0.05, 0) is 31.1 Å². The molecule has 1 amide bonds. The SMILES string of the molecule is O=C(O)NC1CCC2CCCCC2C1. The summed E-state index contributed by atoms with van der Waals surface area (Å²) in [5.41, 5.74) is 0. The van der Waals surface area contributed by atoms with Gasteiger partial charge in [0.25, 0.3) is 0 Å². The Balaban J connectivity index is 1.86. The number of fused-ring (bicyclic) bond motifs is 1. The van der Waals surface area contributed by atoms with Crippen molar-refractivity contribution in [1.82, 2.24) is 5.32 Å². The van der Waals surface area contributed by atoms with Gasteiger partial charge in [0.1, 0.15) is 0 Å². The second kappa shape index (κ2) is 4.20. The van der Waals surface area contributed by atoms with Gasteiger partial charge in [-0.1, -0.05) is 25.7 Å². The molecule has 3 unspecified atom stereocenters. The van der Waals surface area contributed by atoms with E-state index in [-0.39, 0.29) is 6.04 Å². The smallest absolute Gasteiger partial charge is 0.404 e. The van der Waals surface area contributed by atoms with Crippen LogP contribution in [0.2, 0.25) is 0 Å². The van der Waals surface area contributed by atoms with Gasteiger partial charge < -0.3 is 10.4 Å². The summed E-state index contributed by atoms with van der Waals surface area (Å²) in [5, 5.41) is 11.3. The maximum absolute atomic E-state index is 10.5. The van der Waals surface area contributed by atoms with Crippen molar-refractivity contribution < 1.29 is 9.90 Å². The van der Waals surface area contributed by atoms with Gasteiger partial charge in [0.05, 0.1) is 0 Å². The monoisotopic (exact) mass is 197 g/mol. The molecule has 2 fully saturated rings. The van der Waals surface area contributed by atoms with Crippen LogP contribution in [0.25, 0.3) is 0 Å². The molecule has 0 heterocycles. The number of carbonyl (C=O) groups is 1. The third kappa shape index (κ3) is 2.20. The van der Waals surface area contributed by atoms with Gasteiger partial charge in [0, 0.05) is 6.04 Å². The Morgan fingerprint density at radius 3 is 2.50 bits per heavy atom. The van der Waals surface area contributed by atoms with Crippen LogP contribution >= 0.6 is 0 Å². The summed E-state index contributed by atoms with van der Waals surface area (Å²) in [6.45, 7) is 0. The summed E-state index contributed by atoms with van der Waals surface area (Å²) in [7, 11) is 0. The summed E-state index contributed by atoms with van der Waals surface area (Å²) in [4.78, 5) is 10.5. The second-order valence-corrected chi connectivity index (χ2v) is 4.76. The highest BCUT2D eigenvalue weighted by atomic mass is 16.4. The topological polar surface area (TPSA) is 49.3 Å². The quantitative estimate of drug-likeness (QED) is 0.678. The van der Waals surface area contributed by atoms with E-state index in [9.17, 15) is 4.79 Å². The summed E-state index contributed by atoms with van der Waals surface area (Å²) in [5.74, 6) is 1.70. The maximum atomic E-state index is 10.5. The van der Waals surface area contributed by atoms with E-state index in [1.165, 1.54) is 32.1 Å². The predicted molar refractivity (Wildman–Crippen MR) is 54.2 cm³/mol. The number of nitrogens with one attached hydrogen (secondary N) is 1. The largest absolute Gasteiger partial charge is 0.465 e. The number of amides is 1. The summed E-state index contributed by atoms with van der Waals surface area (Å²) in [6.07, 6.45) is 7.94. The molecule has 14 heavy (non-hydrogen) atoms. The molecule has 2 saturated carbocycles. The van der Waals surface area contributed by atoms with Crippen molar-refractivity contribution in [3.05, 3.63) is 0 Å². The molecule has 2 N–H and O–H groups in total. The van der Waals surface area contributed by atoms with Gasteiger partial charge in [0.2, 0.25) is 0 Å². The van der Waals surface area contributed by atoms with Gasteiger partial charge in [-0.25, -0.2) is 4.79 Å². The van der Waals surface area contributed by atoms with Crippen molar-refractivity contribution in [2.24, 2.45) is 11.8 Å². The predicted octanol–water partition coefficient (Wildman–Crippen LogP) is 2.61. The van der Waals surface area contributed by atoms with Crippen molar-refractivity contribution >= 4 is 6.09 Å². The average Bonchev–Trinajstić information content (AvgIpc) is 2.17. The minimum absolute atomic E-state index is 0.229. The molecular formula is C11H19NO2. The van der Waals surface area contributed by atoms with Crippen LogP contribution < -0.4 is 5.32 Å². The lowest BCUT2D eigenvalue weighted by atomic mass is 9.69. The zero-order chi connectivity index (χ0) is 9.97. The van der Waals surface area contributed by atoms with Crippen molar-refractivity contribution in [2.75, 3.05) is 0 Å². The van der Waals surface area contributed by atoms with E-state index in [2.05, 4.69) is 5.32 Å². The first kappa shape index (κ1) is 9.81. The van der Waals surface area contributed by atoms with Gasteiger partial charge >= 0.3 is 6.09 Å². The van der Waals surface area contributed by atoms with Crippen LogP contribution in [0.3, 0.4) is 0 Å². The van der Waals surface area contributed by atoms with Gasteiger partial charge in [-0.3, -0.25) is 0 Å². The van der Waals surface area contributed by atoms with E-state index >= 15 is 0 Å². The van der Waals surface area contributed by atoms with Crippen LogP contribution in [-0.4, -0.2) is 17.2 Å². The fraction of sp³-hybridized carbons (Fsp3) is 0.909. The Hall–Kier alpha value is -0.730. The Morgan fingerprint density at radius 2 is 1.79 bits per heavy atom. The van der Waals surface area contributed by atoms with E-state index < -0.39 is 6.09 Å². The highest BCUT2D eigenvalue weighted by molar-refractivity contribution is 5.64. The van der Waals surface area contributed by atoms with E-state index in [4.69, 9.17) is 5.11 Å². The molecule has 2 rings (SSSR count). The molecule has 80 valence electrons. The zero-order valence-electron chi connectivity index (χ0n) is 8.54. The molecule has 3 atom stereocenters. The molecule has 2 aliphatic carbocycles. The fourth-order valence-electron chi connectivity index (χ4n) is 3.18. The first-order chi connectivity index (χ1) is 6.75. The molecule has 0 aliphatic heterocycles. The molecule has 0 radical (unpaired) electrons. The van der Waals surface area contributed by atoms with Crippen LogP contribution in [0.1, 0.15) is 44.9 Å². The van der Waals surface area contributed by atoms with E-state index in [1.54, 1.807) is 0 Å². The average molecular weight is 197 g/mol. The number of hydrogen-bond donors (Lipinski definition) is 2. The first-order valence-electron chi connectivity index (χ1n) is 5.75. The first-order valence-corrected chi connectivity index (χ1v) is 5.75. The molecule has 0 aromatic rings. The van der Waals surface area contributed by atoms with E-state index in [0.717, 1.165) is 24.7 Å². The second-order valence-electron chi connectivity index (χ2n) is 4.76. The lowest BCUT2D eigenvalue weighted by molar-refractivity contribution is 0.135. The maximum Gasteiger partial charge on any atom is 0.404 e. The van der Waals surface area contributed by atoms with Crippen LogP contribution in [0, 0.1) is 11.8 Å². The molecule has 2 aliphatic rings. The molecular weight excluding hydrogens is 178 g/mol. The van der Waals surface area contributed by atoms with E-state index in [0.29, 0.717) is 0 Å². The zero-order valence-corrected chi connectivity index (χ0v) is 8.54. The lowest BCUT2D eigenvalue weighted by Gasteiger charge is -2.39. The minimum atomic E-state index is -0.857. The van der Waals surface area contributed by atoms with Gasteiger partial charge in [-0.2, -0.15) is 0 Å².